The van der Waals surface area contributed by atoms with Crippen LogP contribution in [0.4, 0.5) is 4.39 Å². The maximum atomic E-state index is 14.0. The van der Waals surface area contributed by atoms with Crippen LogP contribution in [0.15, 0.2) is 30.3 Å². The van der Waals surface area contributed by atoms with Crippen LogP contribution in [0.25, 0.3) is 0 Å². The van der Waals surface area contributed by atoms with Gasteiger partial charge in [-0.3, -0.25) is 9.59 Å². The molecule has 6 rings (SSSR count). The SMILES string of the molecule is Cc1cc(C(=O)c2ccccc2F)sc1C(=O)NC1C2CC3CC1CC(O)(C3)C2. The van der Waals surface area contributed by atoms with Gasteiger partial charge in [0.05, 0.1) is 20.9 Å². The highest BCUT2D eigenvalue weighted by molar-refractivity contribution is 7.16. The summed E-state index contributed by atoms with van der Waals surface area (Å²) in [5, 5.41) is 13.9. The summed E-state index contributed by atoms with van der Waals surface area (Å²) in [7, 11) is 0. The standard InChI is InChI=1S/C23H24FNO3S/c1-12-6-18(20(26)16-4-2-3-5-17(16)24)29-21(12)22(27)25-19-14-7-13-8-15(19)11-23(28,9-13)10-14/h2-6,13-15,19,28H,7-11H2,1H3,(H,25,27). The Hall–Kier alpha value is -2.05. The van der Waals surface area contributed by atoms with Crippen molar-refractivity contribution < 1.29 is 19.1 Å². The molecule has 0 radical (unpaired) electrons. The van der Waals surface area contributed by atoms with Gasteiger partial charge in [-0.1, -0.05) is 12.1 Å². The number of rotatable bonds is 4. The molecule has 1 heterocycles. The van der Waals surface area contributed by atoms with Crippen molar-refractivity contribution in [2.24, 2.45) is 17.8 Å². The minimum atomic E-state index is -0.555. The predicted molar refractivity (Wildman–Crippen MR) is 109 cm³/mol. The third-order valence-corrected chi connectivity index (χ3v) is 8.24. The van der Waals surface area contributed by atoms with Crippen molar-refractivity contribution in [2.45, 2.75) is 50.7 Å². The first-order valence-electron chi connectivity index (χ1n) is 10.3. The molecule has 4 bridgehead atoms. The molecule has 0 spiro atoms. The zero-order valence-corrected chi connectivity index (χ0v) is 17.1. The number of hydrogen-bond donors (Lipinski definition) is 2. The zero-order valence-electron chi connectivity index (χ0n) is 16.3. The summed E-state index contributed by atoms with van der Waals surface area (Å²) in [5.74, 6) is 0.127. The number of hydrogen-bond acceptors (Lipinski definition) is 4. The molecular formula is C23H24FNO3S. The van der Waals surface area contributed by atoms with Crippen LogP contribution >= 0.6 is 11.3 Å². The summed E-state index contributed by atoms with van der Waals surface area (Å²) < 4.78 is 14.0. The minimum Gasteiger partial charge on any atom is -0.390 e. The topological polar surface area (TPSA) is 66.4 Å². The Morgan fingerprint density at radius 1 is 1.17 bits per heavy atom. The molecule has 1 aromatic heterocycles. The molecule has 2 unspecified atom stereocenters. The number of aliphatic hydroxyl groups is 1. The highest BCUT2D eigenvalue weighted by Crippen LogP contribution is 2.55. The zero-order chi connectivity index (χ0) is 20.3. The van der Waals surface area contributed by atoms with Crippen LogP contribution in [0.3, 0.4) is 0 Å². The molecule has 29 heavy (non-hydrogen) atoms. The Labute approximate surface area is 173 Å². The molecule has 4 nitrogen and oxygen atoms in total. The lowest BCUT2D eigenvalue weighted by molar-refractivity contribution is -0.136. The molecule has 2 aromatic rings. The number of ketones is 1. The van der Waals surface area contributed by atoms with Crippen molar-refractivity contribution in [3.05, 3.63) is 57.0 Å². The second-order valence-corrected chi connectivity index (χ2v) is 10.2. The van der Waals surface area contributed by atoms with Crippen LogP contribution in [0, 0.1) is 30.5 Å². The molecule has 1 amide bonds. The van der Waals surface area contributed by atoms with E-state index < -0.39 is 17.2 Å². The molecular weight excluding hydrogens is 389 g/mol. The van der Waals surface area contributed by atoms with Crippen LogP contribution in [0.5, 0.6) is 0 Å². The van der Waals surface area contributed by atoms with Crippen molar-refractivity contribution >= 4 is 23.0 Å². The van der Waals surface area contributed by atoms with Crippen LogP contribution < -0.4 is 5.32 Å². The highest BCUT2D eigenvalue weighted by Gasteiger charge is 2.55. The van der Waals surface area contributed by atoms with Gasteiger partial charge < -0.3 is 10.4 Å². The summed E-state index contributed by atoms with van der Waals surface area (Å²) in [5.41, 5.74) is 0.222. The second-order valence-electron chi connectivity index (χ2n) is 9.13. The summed E-state index contributed by atoms with van der Waals surface area (Å²) in [6, 6.07) is 7.67. The van der Waals surface area contributed by atoms with Gasteiger partial charge in [-0.15, -0.1) is 11.3 Å². The van der Waals surface area contributed by atoms with Gasteiger partial charge in [0.15, 0.2) is 0 Å². The number of halogens is 1. The number of amides is 1. The van der Waals surface area contributed by atoms with Gasteiger partial charge in [0.25, 0.3) is 5.91 Å². The van der Waals surface area contributed by atoms with Crippen LogP contribution in [0.1, 0.15) is 62.6 Å². The lowest BCUT2D eigenvalue weighted by Crippen LogP contribution is -2.61. The van der Waals surface area contributed by atoms with E-state index in [2.05, 4.69) is 5.32 Å². The van der Waals surface area contributed by atoms with E-state index in [0.717, 1.165) is 49.0 Å². The first-order chi connectivity index (χ1) is 13.8. The van der Waals surface area contributed by atoms with Gasteiger partial charge in [0.1, 0.15) is 5.82 Å². The van der Waals surface area contributed by atoms with E-state index in [4.69, 9.17) is 0 Å². The number of thiophene rings is 1. The van der Waals surface area contributed by atoms with E-state index in [1.165, 1.54) is 12.1 Å². The molecule has 6 heteroatoms. The Kier molecular flexibility index (Phi) is 4.40. The van der Waals surface area contributed by atoms with Gasteiger partial charge in [0, 0.05) is 6.04 Å². The summed E-state index contributed by atoms with van der Waals surface area (Å²) in [6.07, 6.45) is 4.59. The maximum absolute atomic E-state index is 14.0. The lowest BCUT2D eigenvalue weighted by Gasteiger charge is -2.58. The van der Waals surface area contributed by atoms with Crippen LogP contribution in [-0.4, -0.2) is 28.4 Å². The van der Waals surface area contributed by atoms with Gasteiger partial charge in [-0.2, -0.15) is 0 Å². The van der Waals surface area contributed by atoms with Crippen LogP contribution in [-0.2, 0) is 0 Å². The fourth-order valence-corrected chi connectivity index (χ4v) is 7.06. The minimum absolute atomic E-state index is 0.0231. The third-order valence-electron chi connectivity index (χ3n) is 7.00. The Morgan fingerprint density at radius 3 is 2.52 bits per heavy atom. The molecule has 2 N–H and O–H groups in total. The summed E-state index contributed by atoms with van der Waals surface area (Å²) in [4.78, 5) is 26.6. The van der Waals surface area contributed by atoms with Gasteiger partial charge in [-0.25, -0.2) is 4.39 Å². The summed E-state index contributed by atoms with van der Waals surface area (Å²) >= 11 is 1.13. The molecule has 2 atom stereocenters. The number of nitrogens with one attached hydrogen (secondary N) is 1. The average molecular weight is 414 g/mol. The molecule has 4 saturated carbocycles. The average Bonchev–Trinajstić information content (AvgIpc) is 3.05. The monoisotopic (exact) mass is 413 g/mol. The van der Waals surface area contributed by atoms with Gasteiger partial charge in [-0.05, 0) is 80.5 Å². The fraction of sp³-hybridized carbons (Fsp3) is 0.478. The molecule has 0 saturated heterocycles. The van der Waals surface area contributed by atoms with E-state index >= 15 is 0 Å². The quantitative estimate of drug-likeness (QED) is 0.742. The lowest BCUT2D eigenvalue weighted by atomic mass is 9.52. The first kappa shape index (κ1) is 18.9. The smallest absolute Gasteiger partial charge is 0.261 e. The number of carbonyl (C=O) groups excluding carboxylic acids is 2. The Morgan fingerprint density at radius 2 is 1.86 bits per heavy atom. The molecule has 4 aliphatic rings. The normalized spacial score (nSPS) is 32.4. The van der Waals surface area contributed by atoms with E-state index in [-0.39, 0.29) is 17.5 Å². The Bertz CT molecular complexity index is 984. The van der Waals surface area contributed by atoms with Crippen molar-refractivity contribution in [3.8, 4) is 0 Å². The third kappa shape index (κ3) is 3.22. The maximum Gasteiger partial charge on any atom is 0.261 e. The highest BCUT2D eigenvalue weighted by atomic mass is 32.1. The van der Waals surface area contributed by atoms with Crippen LogP contribution in [0.2, 0.25) is 0 Å². The number of carbonyl (C=O) groups is 2. The summed E-state index contributed by atoms with van der Waals surface area (Å²) in [6.45, 7) is 1.81. The van der Waals surface area contributed by atoms with Crippen molar-refractivity contribution in [3.63, 3.8) is 0 Å². The van der Waals surface area contributed by atoms with Crippen molar-refractivity contribution in [1.82, 2.24) is 5.32 Å². The molecule has 4 aliphatic carbocycles. The van der Waals surface area contributed by atoms with E-state index in [1.54, 1.807) is 18.2 Å². The van der Waals surface area contributed by atoms with E-state index in [9.17, 15) is 19.1 Å². The molecule has 4 fully saturated rings. The largest absolute Gasteiger partial charge is 0.390 e. The fourth-order valence-electron chi connectivity index (χ4n) is 6.03. The number of benzene rings is 1. The van der Waals surface area contributed by atoms with E-state index in [0.29, 0.717) is 27.5 Å². The molecule has 0 aliphatic heterocycles. The Balaban J connectivity index is 1.35. The van der Waals surface area contributed by atoms with Gasteiger partial charge >= 0.3 is 0 Å². The second kappa shape index (κ2) is 6.74. The molecule has 1 aromatic carbocycles. The molecule has 152 valence electrons. The van der Waals surface area contributed by atoms with E-state index in [1.807, 2.05) is 6.92 Å². The first-order valence-corrected chi connectivity index (χ1v) is 11.1. The van der Waals surface area contributed by atoms with Gasteiger partial charge in [0.2, 0.25) is 5.78 Å². The van der Waals surface area contributed by atoms with Crippen molar-refractivity contribution in [2.75, 3.05) is 0 Å². The predicted octanol–water partition coefficient (Wildman–Crippen LogP) is 4.10. The van der Waals surface area contributed by atoms with Crippen molar-refractivity contribution in [1.29, 1.82) is 0 Å². The number of aryl methyl sites for hydroxylation is 1.